The van der Waals surface area contributed by atoms with Crippen molar-refractivity contribution in [1.29, 1.82) is 0 Å². The first-order valence-corrected chi connectivity index (χ1v) is 5.98. The van der Waals surface area contributed by atoms with Crippen molar-refractivity contribution >= 4 is 17.5 Å². The molecule has 2 N–H and O–H groups in total. The Kier molecular flexibility index (Phi) is 4.22. The minimum absolute atomic E-state index is 0.0132. The molecular formula is C13H14F2N4. The van der Waals surface area contributed by atoms with E-state index in [2.05, 4.69) is 20.6 Å². The molecule has 6 heteroatoms. The first-order valence-electron chi connectivity index (χ1n) is 5.98. The molecule has 1 heterocycles. The highest BCUT2D eigenvalue weighted by molar-refractivity contribution is 5.57. The van der Waals surface area contributed by atoms with Gasteiger partial charge in [0, 0.05) is 12.2 Å². The molecule has 1 aromatic carbocycles. The first kappa shape index (κ1) is 13.2. The van der Waals surface area contributed by atoms with Crippen LogP contribution in [0.1, 0.15) is 13.3 Å². The number of hydrogen-bond donors (Lipinski definition) is 2. The number of nitrogens with one attached hydrogen (secondary N) is 2. The van der Waals surface area contributed by atoms with E-state index in [-0.39, 0.29) is 5.82 Å². The minimum Gasteiger partial charge on any atom is -0.354 e. The summed E-state index contributed by atoms with van der Waals surface area (Å²) in [6.45, 7) is 2.70. The van der Waals surface area contributed by atoms with Crippen LogP contribution in [0.5, 0.6) is 0 Å². The monoisotopic (exact) mass is 264 g/mol. The van der Waals surface area contributed by atoms with Crippen LogP contribution in [0.3, 0.4) is 0 Å². The molecular weight excluding hydrogens is 250 g/mol. The van der Waals surface area contributed by atoms with E-state index in [9.17, 15) is 8.78 Å². The second-order valence-electron chi connectivity index (χ2n) is 3.95. The number of aromatic nitrogens is 2. The average Bonchev–Trinajstić information content (AvgIpc) is 2.40. The summed E-state index contributed by atoms with van der Waals surface area (Å²) in [7, 11) is 0. The Labute approximate surface area is 109 Å². The Hall–Kier alpha value is -2.24. The Morgan fingerprint density at radius 1 is 1.26 bits per heavy atom. The van der Waals surface area contributed by atoms with Gasteiger partial charge < -0.3 is 10.6 Å². The maximum Gasteiger partial charge on any atom is 0.224 e. The summed E-state index contributed by atoms with van der Waals surface area (Å²) >= 11 is 0. The van der Waals surface area contributed by atoms with Crippen LogP contribution in [0.4, 0.5) is 26.2 Å². The lowest BCUT2D eigenvalue weighted by Crippen LogP contribution is -2.07. The van der Waals surface area contributed by atoms with Crippen molar-refractivity contribution in [2.45, 2.75) is 13.3 Å². The third-order valence-corrected chi connectivity index (χ3v) is 2.36. The number of benzene rings is 1. The average molecular weight is 264 g/mol. The van der Waals surface area contributed by atoms with Crippen LogP contribution in [0, 0.1) is 11.6 Å². The highest BCUT2D eigenvalue weighted by Gasteiger charge is 2.07. The molecule has 1 aromatic heterocycles. The van der Waals surface area contributed by atoms with Gasteiger partial charge in [-0.05, 0) is 24.6 Å². The van der Waals surface area contributed by atoms with Gasteiger partial charge in [-0.25, -0.2) is 13.8 Å². The van der Waals surface area contributed by atoms with Gasteiger partial charge in [-0.1, -0.05) is 13.0 Å². The number of halogens is 2. The van der Waals surface area contributed by atoms with Gasteiger partial charge >= 0.3 is 0 Å². The SMILES string of the molecule is CCCNc1ncc(F)c(Nc2cccc(F)c2)n1. The maximum absolute atomic E-state index is 13.6. The molecule has 0 saturated carbocycles. The normalized spacial score (nSPS) is 10.3. The van der Waals surface area contributed by atoms with Crippen molar-refractivity contribution in [3.63, 3.8) is 0 Å². The van der Waals surface area contributed by atoms with Crippen molar-refractivity contribution in [2.75, 3.05) is 17.2 Å². The van der Waals surface area contributed by atoms with Gasteiger partial charge in [0.05, 0.1) is 6.20 Å². The molecule has 0 spiro atoms. The highest BCUT2D eigenvalue weighted by Crippen LogP contribution is 2.19. The van der Waals surface area contributed by atoms with E-state index in [1.807, 2.05) is 6.92 Å². The summed E-state index contributed by atoms with van der Waals surface area (Å²) in [5.41, 5.74) is 0.430. The lowest BCUT2D eigenvalue weighted by Gasteiger charge is -2.09. The van der Waals surface area contributed by atoms with Gasteiger partial charge in [0.2, 0.25) is 5.95 Å². The van der Waals surface area contributed by atoms with Crippen LogP contribution in [0.2, 0.25) is 0 Å². The van der Waals surface area contributed by atoms with Crippen molar-refractivity contribution < 1.29 is 8.78 Å². The van der Waals surface area contributed by atoms with Crippen molar-refractivity contribution in [3.8, 4) is 0 Å². The second-order valence-corrected chi connectivity index (χ2v) is 3.95. The first-order chi connectivity index (χ1) is 9.19. The largest absolute Gasteiger partial charge is 0.354 e. The summed E-state index contributed by atoms with van der Waals surface area (Å²) in [6.07, 6.45) is 1.99. The number of rotatable bonds is 5. The van der Waals surface area contributed by atoms with Crippen molar-refractivity contribution in [1.82, 2.24) is 9.97 Å². The van der Waals surface area contributed by atoms with Gasteiger partial charge in [0.25, 0.3) is 0 Å². The van der Waals surface area contributed by atoms with E-state index in [1.54, 1.807) is 6.07 Å². The van der Waals surface area contributed by atoms with Crippen LogP contribution >= 0.6 is 0 Å². The quantitative estimate of drug-likeness (QED) is 0.869. The Morgan fingerprint density at radius 3 is 2.84 bits per heavy atom. The van der Waals surface area contributed by atoms with Gasteiger partial charge in [-0.2, -0.15) is 4.98 Å². The van der Waals surface area contributed by atoms with Crippen molar-refractivity contribution in [2.24, 2.45) is 0 Å². The third-order valence-electron chi connectivity index (χ3n) is 2.36. The summed E-state index contributed by atoms with van der Waals surface area (Å²) in [5.74, 6) is -0.642. The molecule has 0 radical (unpaired) electrons. The number of hydrogen-bond acceptors (Lipinski definition) is 4. The topological polar surface area (TPSA) is 49.8 Å². The van der Waals surface area contributed by atoms with Crippen LogP contribution in [0.15, 0.2) is 30.5 Å². The van der Waals surface area contributed by atoms with Gasteiger partial charge in [0.15, 0.2) is 11.6 Å². The molecule has 2 rings (SSSR count). The predicted molar refractivity (Wildman–Crippen MR) is 70.5 cm³/mol. The van der Waals surface area contributed by atoms with Crippen LogP contribution in [0.25, 0.3) is 0 Å². The molecule has 4 nitrogen and oxygen atoms in total. The predicted octanol–water partition coefficient (Wildman–Crippen LogP) is 3.32. The van der Waals surface area contributed by atoms with Crippen LogP contribution < -0.4 is 10.6 Å². The van der Waals surface area contributed by atoms with E-state index < -0.39 is 11.6 Å². The fourth-order valence-corrected chi connectivity index (χ4v) is 1.48. The fourth-order valence-electron chi connectivity index (χ4n) is 1.48. The molecule has 2 aromatic rings. The lowest BCUT2D eigenvalue weighted by atomic mass is 10.3. The smallest absolute Gasteiger partial charge is 0.224 e. The van der Waals surface area contributed by atoms with Gasteiger partial charge in [-0.15, -0.1) is 0 Å². The maximum atomic E-state index is 13.6. The standard InChI is InChI=1S/C13H14F2N4/c1-2-6-16-13-17-8-11(15)12(19-13)18-10-5-3-4-9(14)7-10/h3-5,7-8H,2,6H2,1H3,(H2,16,17,18,19). The van der Waals surface area contributed by atoms with E-state index in [4.69, 9.17) is 0 Å². The molecule has 0 saturated heterocycles. The molecule has 0 aliphatic carbocycles. The molecule has 0 bridgehead atoms. The lowest BCUT2D eigenvalue weighted by molar-refractivity contribution is 0.618. The minimum atomic E-state index is -0.591. The Bertz CT molecular complexity index is 560. The molecule has 0 unspecified atom stereocenters. The zero-order chi connectivity index (χ0) is 13.7. The molecule has 0 fully saturated rings. The van der Waals surface area contributed by atoms with E-state index >= 15 is 0 Å². The van der Waals surface area contributed by atoms with Crippen LogP contribution in [-0.4, -0.2) is 16.5 Å². The fraction of sp³-hybridized carbons (Fsp3) is 0.231. The summed E-state index contributed by atoms with van der Waals surface area (Å²) in [6, 6.07) is 5.74. The molecule has 19 heavy (non-hydrogen) atoms. The third kappa shape index (κ3) is 3.61. The van der Waals surface area contributed by atoms with Gasteiger partial charge in [0.1, 0.15) is 5.82 Å². The Balaban J connectivity index is 2.19. The van der Waals surface area contributed by atoms with Crippen molar-refractivity contribution in [3.05, 3.63) is 42.1 Å². The second kappa shape index (κ2) is 6.08. The zero-order valence-corrected chi connectivity index (χ0v) is 10.5. The van der Waals surface area contributed by atoms with Crippen LogP contribution in [-0.2, 0) is 0 Å². The van der Waals surface area contributed by atoms with E-state index in [0.29, 0.717) is 18.2 Å². The Morgan fingerprint density at radius 2 is 2.11 bits per heavy atom. The molecule has 0 aliphatic rings. The van der Waals surface area contributed by atoms with E-state index in [1.165, 1.54) is 18.2 Å². The highest BCUT2D eigenvalue weighted by atomic mass is 19.1. The molecule has 0 aliphatic heterocycles. The molecule has 0 amide bonds. The number of nitrogens with zero attached hydrogens (tertiary/aromatic N) is 2. The summed E-state index contributed by atoms with van der Waals surface area (Å²) in [4.78, 5) is 7.83. The van der Waals surface area contributed by atoms with E-state index in [0.717, 1.165) is 12.6 Å². The molecule has 100 valence electrons. The summed E-state index contributed by atoms with van der Waals surface area (Å²) in [5, 5.41) is 5.68. The zero-order valence-electron chi connectivity index (χ0n) is 10.5. The number of anilines is 3. The summed E-state index contributed by atoms with van der Waals surface area (Å²) < 4.78 is 26.6. The van der Waals surface area contributed by atoms with Gasteiger partial charge in [-0.3, -0.25) is 0 Å². The molecule has 0 atom stereocenters.